The molecule has 1 aromatic carbocycles. The van der Waals surface area contributed by atoms with Crippen LogP contribution < -0.4 is 10.2 Å². The minimum absolute atomic E-state index is 0.115. The van der Waals surface area contributed by atoms with Gasteiger partial charge in [0.15, 0.2) is 11.5 Å². The highest BCUT2D eigenvalue weighted by atomic mass is 19.4. The van der Waals surface area contributed by atoms with Gasteiger partial charge in [-0.05, 0) is 43.2 Å². The Bertz CT molecular complexity index is 1070. The van der Waals surface area contributed by atoms with Crippen molar-refractivity contribution in [2.24, 2.45) is 0 Å². The van der Waals surface area contributed by atoms with E-state index in [-0.39, 0.29) is 6.54 Å². The van der Waals surface area contributed by atoms with Gasteiger partial charge in [-0.1, -0.05) is 12.1 Å². The molecular formula is C19H18F4N6O. The van der Waals surface area contributed by atoms with Crippen molar-refractivity contribution in [3.05, 3.63) is 53.6 Å². The van der Waals surface area contributed by atoms with Gasteiger partial charge in [0, 0.05) is 19.0 Å². The molecule has 2 atom stereocenters. The molecule has 0 saturated carbocycles. The first-order chi connectivity index (χ1) is 14.2. The van der Waals surface area contributed by atoms with Gasteiger partial charge in [0.25, 0.3) is 0 Å². The number of amides is 1. The van der Waals surface area contributed by atoms with Crippen LogP contribution in [0.4, 0.5) is 23.4 Å². The van der Waals surface area contributed by atoms with E-state index in [1.165, 1.54) is 24.3 Å². The molecule has 0 radical (unpaired) electrons. The second-order valence-electron chi connectivity index (χ2n) is 7.18. The van der Waals surface area contributed by atoms with Crippen molar-refractivity contribution in [1.82, 2.24) is 25.1 Å². The standard InChI is InChI=1S/C19H18F4N6O/c1-11-25-26-16-6-7-17(27-29(11)16)28-9-8-14(12-2-4-13(20)5-3-12)15(10-28)24-18(30)19(21,22)23/h2-7,14-15H,8-10H2,1H3,(H,24,30). The Hall–Kier alpha value is -3.24. The first-order valence-electron chi connectivity index (χ1n) is 9.29. The first kappa shape index (κ1) is 20.0. The molecular weight excluding hydrogens is 404 g/mol. The van der Waals surface area contributed by atoms with Crippen LogP contribution in [0.5, 0.6) is 0 Å². The largest absolute Gasteiger partial charge is 0.471 e. The molecule has 30 heavy (non-hydrogen) atoms. The number of hydrogen-bond acceptors (Lipinski definition) is 5. The molecule has 3 aromatic rings. The highest BCUT2D eigenvalue weighted by Gasteiger charge is 2.42. The summed E-state index contributed by atoms with van der Waals surface area (Å²) in [5.74, 6) is -1.72. The van der Waals surface area contributed by atoms with Gasteiger partial charge in [0.05, 0.1) is 6.04 Å². The fourth-order valence-corrected chi connectivity index (χ4v) is 3.72. The minimum atomic E-state index is -4.99. The lowest BCUT2D eigenvalue weighted by Crippen LogP contribution is -2.54. The zero-order chi connectivity index (χ0) is 21.5. The van der Waals surface area contributed by atoms with E-state index < -0.39 is 29.9 Å². The second kappa shape index (κ2) is 7.54. The van der Waals surface area contributed by atoms with E-state index in [9.17, 15) is 22.4 Å². The molecule has 1 saturated heterocycles. The van der Waals surface area contributed by atoms with Crippen molar-refractivity contribution in [3.63, 3.8) is 0 Å². The van der Waals surface area contributed by atoms with Gasteiger partial charge in [-0.3, -0.25) is 4.79 Å². The number of aromatic nitrogens is 4. The number of nitrogens with zero attached hydrogens (tertiary/aromatic N) is 5. The third-order valence-electron chi connectivity index (χ3n) is 5.21. The second-order valence-corrected chi connectivity index (χ2v) is 7.18. The summed E-state index contributed by atoms with van der Waals surface area (Å²) in [5.41, 5.74) is 1.22. The van der Waals surface area contributed by atoms with E-state index in [1.54, 1.807) is 28.5 Å². The summed E-state index contributed by atoms with van der Waals surface area (Å²) < 4.78 is 53.5. The van der Waals surface area contributed by atoms with Crippen LogP contribution in [0.2, 0.25) is 0 Å². The maximum Gasteiger partial charge on any atom is 0.471 e. The first-order valence-corrected chi connectivity index (χ1v) is 9.29. The predicted molar refractivity (Wildman–Crippen MR) is 99.5 cm³/mol. The van der Waals surface area contributed by atoms with E-state index in [1.807, 2.05) is 0 Å². The van der Waals surface area contributed by atoms with Gasteiger partial charge in [0.1, 0.15) is 11.6 Å². The van der Waals surface area contributed by atoms with Crippen LogP contribution in [0.25, 0.3) is 5.65 Å². The number of nitrogens with one attached hydrogen (secondary N) is 1. The maximum absolute atomic E-state index is 13.3. The lowest BCUT2D eigenvalue weighted by Gasteiger charge is -2.39. The molecule has 11 heteroatoms. The average molecular weight is 422 g/mol. The molecule has 2 unspecified atom stereocenters. The van der Waals surface area contributed by atoms with Gasteiger partial charge >= 0.3 is 12.1 Å². The molecule has 0 aliphatic carbocycles. The summed E-state index contributed by atoms with van der Waals surface area (Å²) >= 11 is 0. The summed E-state index contributed by atoms with van der Waals surface area (Å²) in [6.45, 7) is 2.35. The number of anilines is 1. The van der Waals surface area contributed by atoms with E-state index in [4.69, 9.17) is 0 Å². The fourth-order valence-electron chi connectivity index (χ4n) is 3.72. The molecule has 0 spiro atoms. The Kier molecular flexibility index (Phi) is 5.04. The van der Waals surface area contributed by atoms with Crippen LogP contribution in [0, 0.1) is 12.7 Å². The Labute approximate surface area is 168 Å². The Morgan fingerprint density at radius 3 is 2.57 bits per heavy atom. The van der Waals surface area contributed by atoms with Crippen LogP contribution in [0.15, 0.2) is 36.4 Å². The average Bonchev–Trinajstić information content (AvgIpc) is 3.08. The van der Waals surface area contributed by atoms with Gasteiger partial charge in [-0.25, -0.2) is 4.39 Å². The van der Waals surface area contributed by atoms with E-state index in [0.717, 1.165) is 0 Å². The van der Waals surface area contributed by atoms with Crippen molar-refractivity contribution in [2.75, 3.05) is 18.0 Å². The van der Waals surface area contributed by atoms with Crippen molar-refractivity contribution in [3.8, 4) is 0 Å². The molecule has 1 N–H and O–H groups in total. The number of rotatable bonds is 3. The Morgan fingerprint density at radius 1 is 1.13 bits per heavy atom. The monoisotopic (exact) mass is 422 g/mol. The third-order valence-corrected chi connectivity index (χ3v) is 5.21. The molecule has 4 rings (SSSR count). The molecule has 0 bridgehead atoms. The van der Waals surface area contributed by atoms with E-state index in [2.05, 4.69) is 20.6 Å². The van der Waals surface area contributed by atoms with Gasteiger partial charge in [0.2, 0.25) is 0 Å². The number of halogens is 4. The number of piperidine rings is 1. The van der Waals surface area contributed by atoms with Crippen molar-refractivity contribution >= 4 is 17.4 Å². The number of carbonyl (C=O) groups is 1. The smallest absolute Gasteiger partial charge is 0.353 e. The minimum Gasteiger partial charge on any atom is -0.353 e. The topological polar surface area (TPSA) is 75.4 Å². The SMILES string of the molecule is Cc1nnc2ccc(N3CCC(c4ccc(F)cc4)C(NC(=O)C(F)(F)F)C3)nn12. The number of carbonyl (C=O) groups excluding carboxylic acids is 1. The van der Waals surface area contributed by atoms with Crippen LogP contribution in [0.1, 0.15) is 23.7 Å². The summed E-state index contributed by atoms with van der Waals surface area (Å²) in [4.78, 5) is 13.4. The molecule has 3 heterocycles. The lowest BCUT2D eigenvalue weighted by molar-refractivity contribution is -0.174. The highest BCUT2D eigenvalue weighted by Crippen LogP contribution is 2.31. The Morgan fingerprint density at radius 2 is 1.87 bits per heavy atom. The van der Waals surface area contributed by atoms with Gasteiger partial charge in [-0.2, -0.15) is 17.7 Å². The third kappa shape index (κ3) is 3.91. The normalized spacial score (nSPS) is 19.8. The molecule has 1 fully saturated rings. The summed E-state index contributed by atoms with van der Waals surface area (Å²) in [7, 11) is 0. The van der Waals surface area contributed by atoms with Crippen LogP contribution >= 0.6 is 0 Å². The summed E-state index contributed by atoms with van der Waals surface area (Å²) in [5, 5.41) is 14.5. The summed E-state index contributed by atoms with van der Waals surface area (Å²) in [6, 6.07) is 8.18. The molecule has 1 aliphatic rings. The molecule has 2 aromatic heterocycles. The number of aryl methyl sites for hydroxylation is 1. The number of benzene rings is 1. The van der Waals surface area contributed by atoms with Crippen molar-refractivity contribution < 1.29 is 22.4 Å². The van der Waals surface area contributed by atoms with Crippen molar-refractivity contribution in [1.29, 1.82) is 0 Å². The quantitative estimate of drug-likeness (QED) is 0.657. The molecule has 158 valence electrons. The zero-order valence-electron chi connectivity index (χ0n) is 15.9. The van der Waals surface area contributed by atoms with Crippen LogP contribution in [-0.4, -0.2) is 51.0 Å². The van der Waals surface area contributed by atoms with Gasteiger partial charge in [-0.15, -0.1) is 15.3 Å². The van der Waals surface area contributed by atoms with E-state index >= 15 is 0 Å². The van der Waals surface area contributed by atoms with Crippen molar-refractivity contribution in [2.45, 2.75) is 31.5 Å². The summed E-state index contributed by atoms with van der Waals surface area (Å²) in [6.07, 6.45) is -4.54. The molecule has 1 aliphatic heterocycles. The van der Waals surface area contributed by atoms with E-state index in [0.29, 0.717) is 35.8 Å². The number of fused-ring (bicyclic) bond motifs is 1. The number of alkyl halides is 3. The molecule has 1 amide bonds. The maximum atomic E-state index is 13.3. The highest BCUT2D eigenvalue weighted by molar-refractivity contribution is 5.82. The van der Waals surface area contributed by atoms with Crippen LogP contribution in [0.3, 0.4) is 0 Å². The lowest BCUT2D eigenvalue weighted by atomic mass is 9.85. The zero-order valence-corrected chi connectivity index (χ0v) is 15.9. The fraction of sp³-hybridized carbons (Fsp3) is 0.368. The molecule has 7 nitrogen and oxygen atoms in total. The predicted octanol–water partition coefficient (Wildman–Crippen LogP) is 2.61. The Balaban J connectivity index is 1.62. The van der Waals surface area contributed by atoms with Crippen LogP contribution in [-0.2, 0) is 4.79 Å². The van der Waals surface area contributed by atoms with Gasteiger partial charge < -0.3 is 10.2 Å². The number of hydrogen-bond donors (Lipinski definition) is 1.